The first-order valence-corrected chi connectivity index (χ1v) is 10.7. The van der Waals surface area contributed by atoms with Crippen molar-refractivity contribution in [1.29, 1.82) is 0 Å². The number of ether oxygens (including phenoxy) is 1. The van der Waals surface area contributed by atoms with Crippen LogP contribution in [0.25, 0.3) is 0 Å². The van der Waals surface area contributed by atoms with Gasteiger partial charge in [-0.1, -0.05) is 13.0 Å². The van der Waals surface area contributed by atoms with Crippen molar-refractivity contribution in [1.82, 2.24) is 0 Å². The largest absolute Gasteiger partial charge is 0.465 e. The number of carbonyl (C=O) groups excluding carboxylic acids is 2. The molecule has 0 fully saturated rings. The van der Waals surface area contributed by atoms with Crippen molar-refractivity contribution in [2.45, 2.75) is 26.3 Å². The molecular weight excluding hydrogens is 399 g/mol. The number of hydrogen-bond donors (Lipinski definition) is 1. The zero-order valence-corrected chi connectivity index (χ0v) is 17.4. The van der Waals surface area contributed by atoms with Crippen LogP contribution in [-0.4, -0.2) is 39.7 Å². The van der Waals surface area contributed by atoms with Crippen LogP contribution in [0.5, 0.6) is 0 Å². The van der Waals surface area contributed by atoms with Gasteiger partial charge >= 0.3 is 5.97 Å². The van der Waals surface area contributed by atoms with Crippen LogP contribution in [0.2, 0.25) is 0 Å². The van der Waals surface area contributed by atoms with Crippen LogP contribution in [0.4, 0.5) is 15.8 Å². The van der Waals surface area contributed by atoms with E-state index in [1.807, 2.05) is 0 Å². The molecule has 0 saturated carbocycles. The first kappa shape index (κ1) is 22.4. The summed E-state index contributed by atoms with van der Waals surface area (Å²) in [5.74, 6) is -1.64. The number of anilines is 2. The Bertz CT molecular complexity index is 1010. The average Bonchev–Trinajstić information content (AvgIpc) is 2.67. The topological polar surface area (TPSA) is 92.8 Å². The van der Waals surface area contributed by atoms with E-state index in [2.05, 4.69) is 5.32 Å². The Kier molecular flexibility index (Phi) is 6.97. The summed E-state index contributed by atoms with van der Waals surface area (Å²) in [6.45, 7) is 3.32. The fourth-order valence-electron chi connectivity index (χ4n) is 2.97. The Morgan fingerprint density at radius 3 is 2.31 bits per heavy atom. The van der Waals surface area contributed by atoms with E-state index in [1.165, 1.54) is 19.2 Å². The Hall–Kier alpha value is -2.94. The first-order chi connectivity index (χ1) is 13.6. The molecule has 1 atom stereocenters. The maximum Gasteiger partial charge on any atom is 0.338 e. The van der Waals surface area contributed by atoms with Crippen LogP contribution in [0.15, 0.2) is 42.5 Å². The number of esters is 1. The van der Waals surface area contributed by atoms with Crippen molar-refractivity contribution in [2.24, 2.45) is 0 Å². The number of carbonyl (C=O) groups is 2. The van der Waals surface area contributed by atoms with Gasteiger partial charge in [-0.3, -0.25) is 9.10 Å². The molecule has 0 bridgehead atoms. The Labute approximate surface area is 169 Å². The summed E-state index contributed by atoms with van der Waals surface area (Å²) >= 11 is 0. The second-order valence-corrected chi connectivity index (χ2v) is 8.28. The van der Waals surface area contributed by atoms with Gasteiger partial charge in [0.1, 0.15) is 11.9 Å². The number of methoxy groups -OCH3 is 1. The molecule has 156 valence electrons. The molecule has 2 aromatic rings. The molecule has 0 aliphatic carbocycles. The summed E-state index contributed by atoms with van der Waals surface area (Å²) < 4.78 is 43.8. The quantitative estimate of drug-likeness (QED) is 0.692. The zero-order valence-electron chi connectivity index (χ0n) is 16.6. The minimum Gasteiger partial charge on any atom is -0.465 e. The standard InChI is InChI=1S/C20H23FN2O5S/c1-5-18(23(29(4,26)27)15-11-9-14(21)10-12-15)19(24)22-17-8-6-7-16(13(17)2)20(25)28-3/h6-12,18H,5H2,1-4H3,(H,22,24)/t18-/m1/s1. The predicted octanol–water partition coefficient (Wildman–Crippen LogP) is 3.10. The van der Waals surface area contributed by atoms with E-state index in [1.54, 1.807) is 32.0 Å². The number of amides is 1. The molecule has 29 heavy (non-hydrogen) atoms. The number of halogens is 1. The Morgan fingerprint density at radius 1 is 1.17 bits per heavy atom. The van der Waals surface area contributed by atoms with Gasteiger partial charge in [-0.25, -0.2) is 17.6 Å². The highest BCUT2D eigenvalue weighted by molar-refractivity contribution is 7.92. The van der Waals surface area contributed by atoms with Crippen molar-refractivity contribution in [2.75, 3.05) is 23.0 Å². The lowest BCUT2D eigenvalue weighted by molar-refractivity contribution is -0.117. The van der Waals surface area contributed by atoms with E-state index in [0.29, 0.717) is 11.3 Å². The highest BCUT2D eigenvalue weighted by atomic mass is 32.2. The van der Waals surface area contributed by atoms with Gasteiger partial charge in [0.15, 0.2) is 0 Å². The van der Waals surface area contributed by atoms with E-state index in [9.17, 15) is 22.4 Å². The third-order valence-electron chi connectivity index (χ3n) is 4.41. The molecule has 0 aliphatic rings. The maximum atomic E-state index is 13.3. The smallest absolute Gasteiger partial charge is 0.338 e. The van der Waals surface area contributed by atoms with E-state index in [-0.39, 0.29) is 17.7 Å². The molecule has 2 aromatic carbocycles. The van der Waals surface area contributed by atoms with E-state index < -0.39 is 33.8 Å². The molecule has 0 saturated heterocycles. The Morgan fingerprint density at radius 2 is 1.79 bits per heavy atom. The molecule has 2 rings (SSSR count). The third-order valence-corrected chi connectivity index (χ3v) is 5.59. The molecule has 0 heterocycles. The summed E-state index contributed by atoms with van der Waals surface area (Å²) in [4.78, 5) is 24.8. The summed E-state index contributed by atoms with van der Waals surface area (Å²) in [5.41, 5.74) is 1.33. The SMILES string of the molecule is CC[C@H](C(=O)Nc1cccc(C(=O)OC)c1C)N(c1ccc(F)cc1)S(C)(=O)=O. The lowest BCUT2D eigenvalue weighted by atomic mass is 10.1. The van der Waals surface area contributed by atoms with Gasteiger partial charge in [0, 0.05) is 5.69 Å². The van der Waals surface area contributed by atoms with Crippen molar-refractivity contribution < 1.29 is 27.1 Å². The average molecular weight is 422 g/mol. The zero-order chi connectivity index (χ0) is 21.8. The second kappa shape index (κ2) is 9.04. The minimum atomic E-state index is -3.84. The van der Waals surface area contributed by atoms with E-state index in [0.717, 1.165) is 22.7 Å². The molecular formula is C20H23FN2O5S. The van der Waals surface area contributed by atoms with Gasteiger partial charge in [-0.2, -0.15) is 0 Å². The molecule has 1 N–H and O–H groups in total. The lowest BCUT2D eigenvalue weighted by Crippen LogP contribution is -2.47. The molecule has 0 aliphatic heterocycles. The normalized spacial score (nSPS) is 12.2. The molecule has 9 heteroatoms. The number of nitrogens with one attached hydrogen (secondary N) is 1. The first-order valence-electron chi connectivity index (χ1n) is 8.83. The van der Waals surface area contributed by atoms with Gasteiger partial charge in [0.05, 0.1) is 24.6 Å². The minimum absolute atomic E-state index is 0.173. The van der Waals surface area contributed by atoms with Crippen LogP contribution < -0.4 is 9.62 Å². The maximum absolute atomic E-state index is 13.3. The number of rotatable bonds is 7. The molecule has 0 spiro atoms. The third kappa shape index (κ3) is 5.11. The van der Waals surface area contributed by atoms with Crippen LogP contribution >= 0.6 is 0 Å². The monoisotopic (exact) mass is 422 g/mol. The Balaban J connectivity index is 2.41. The highest BCUT2D eigenvalue weighted by Gasteiger charge is 2.32. The molecule has 1 amide bonds. The molecule has 0 aromatic heterocycles. The van der Waals surface area contributed by atoms with Gasteiger partial charge in [-0.15, -0.1) is 0 Å². The summed E-state index contributed by atoms with van der Waals surface area (Å²) in [5, 5.41) is 2.69. The highest BCUT2D eigenvalue weighted by Crippen LogP contribution is 2.25. The van der Waals surface area contributed by atoms with Gasteiger partial charge in [0.2, 0.25) is 15.9 Å². The number of benzene rings is 2. The number of sulfonamides is 1. The summed E-state index contributed by atoms with van der Waals surface area (Å²) in [6.07, 6.45) is 1.15. The van der Waals surface area contributed by atoms with Crippen LogP contribution in [0.1, 0.15) is 29.3 Å². The number of hydrogen-bond acceptors (Lipinski definition) is 5. The van der Waals surface area contributed by atoms with E-state index >= 15 is 0 Å². The summed E-state index contributed by atoms with van der Waals surface area (Å²) in [6, 6.07) is 8.54. The molecule has 0 unspecified atom stereocenters. The summed E-state index contributed by atoms with van der Waals surface area (Å²) in [7, 11) is -2.58. The van der Waals surface area contributed by atoms with Crippen LogP contribution in [0, 0.1) is 12.7 Å². The van der Waals surface area contributed by atoms with Gasteiger partial charge in [-0.05, 0) is 55.3 Å². The molecule has 7 nitrogen and oxygen atoms in total. The van der Waals surface area contributed by atoms with Crippen molar-refractivity contribution >= 4 is 33.3 Å². The van der Waals surface area contributed by atoms with Crippen LogP contribution in [-0.2, 0) is 19.6 Å². The fraction of sp³-hybridized carbons (Fsp3) is 0.300. The fourth-order valence-corrected chi connectivity index (χ4v) is 4.18. The number of nitrogens with zero attached hydrogens (tertiary/aromatic N) is 1. The van der Waals surface area contributed by atoms with Gasteiger partial charge in [0.25, 0.3) is 0 Å². The van der Waals surface area contributed by atoms with E-state index in [4.69, 9.17) is 4.74 Å². The van der Waals surface area contributed by atoms with Crippen LogP contribution in [0.3, 0.4) is 0 Å². The van der Waals surface area contributed by atoms with Crippen molar-refractivity contribution in [3.63, 3.8) is 0 Å². The van der Waals surface area contributed by atoms with Crippen molar-refractivity contribution in [3.8, 4) is 0 Å². The van der Waals surface area contributed by atoms with Gasteiger partial charge < -0.3 is 10.1 Å². The second-order valence-electron chi connectivity index (χ2n) is 6.42. The molecule has 0 radical (unpaired) electrons. The van der Waals surface area contributed by atoms with Crippen molar-refractivity contribution in [3.05, 3.63) is 59.4 Å². The predicted molar refractivity (Wildman–Crippen MR) is 109 cm³/mol. The lowest BCUT2D eigenvalue weighted by Gasteiger charge is -2.30.